The summed E-state index contributed by atoms with van der Waals surface area (Å²) in [6.07, 6.45) is 3.62. The van der Waals surface area contributed by atoms with Crippen LogP contribution in [0.3, 0.4) is 0 Å². The number of amides is 1. The van der Waals surface area contributed by atoms with Gasteiger partial charge in [-0.2, -0.15) is 10.0 Å². The number of thioether (sulfide) groups is 1. The van der Waals surface area contributed by atoms with Crippen molar-refractivity contribution >= 4 is 45.6 Å². The topological polar surface area (TPSA) is 128 Å². The van der Waals surface area contributed by atoms with Crippen molar-refractivity contribution in [2.75, 3.05) is 13.1 Å². The summed E-state index contributed by atoms with van der Waals surface area (Å²) in [5.74, 6) is 0.864. The molecule has 5 rings (SSSR count). The van der Waals surface area contributed by atoms with Crippen LogP contribution in [0.25, 0.3) is 17.4 Å². The Kier molecular flexibility index (Phi) is 5.56. The first-order valence-corrected chi connectivity index (χ1v) is 11.7. The number of nitrogens with one attached hydrogen (secondary N) is 1. The molecule has 0 aliphatic carbocycles. The molecule has 10 nitrogen and oxygen atoms in total. The molecule has 0 atom stereocenters. The van der Waals surface area contributed by atoms with Crippen LogP contribution in [0.5, 0.6) is 0 Å². The zero-order chi connectivity index (χ0) is 24.0. The number of carbonyl (C=O) groups is 1. The summed E-state index contributed by atoms with van der Waals surface area (Å²) < 4.78 is 5.86. The van der Waals surface area contributed by atoms with Gasteiger partial charge in [-0.25, -0.2) is 0 Å². The van der Waals surface area contributed by atoms with Gasteiger partial charge < -0.3 is 9.32 Å². The molecule has 0 saturated carbocycles. The Morgan fingerprint density at radius 3 is 2.74 bits per heavy atom. The van der Waals surface area contributed by atoms with Gasteiger partial charge in [0.1, 0.15) is 11.5 Å². The van der Waals surface area contributed by atoms with Gasteiger partial charge in [-0.3, -0.25) is 20.3 Å². The van der Waals surface area contributed by atoms with E-state index in [1.165, 1.54) is 35.0 Å². The first-order chi connectivity index (χ1) is 16.3. The number of hydrogen-bond donors (Lipinski definition) is 1. The van der Waals surface area contributed by atoms with Crippen molar-refractivity contribution in [2.24, 2.45) is 16.0 Å². The number of rotatable bonds is 3. The van der Waals surface area contributed by atoms with Crippen LogP contribution in [0.2, 0.25) is 0 Å². The minimum atomic E-state index is -0.531. The van der Waals surface area contributed by atoms with E-state index in [4.69, 9.17) is 9.83 Å². The highest BCUT2D eigenvalue weighted by Gasteiger charge is 2.38. The number of hydrogen-bond acceptors (Lipinski definition) is 8. The molecule has 11 heteroatoms. The van der Waals surface area contributed by atoms with E-state index in [1.54, 1.807) is 18.2 Å². The summed E-state index contributed by atoms with van der Waals surface area (Å²) in [6, 6.07) is 7.89. The third kappa shape index (κ3) is 4.03. The lowest BCUT2D eigenvalue weighted by molar-refractivity contribution is -0.384. The molecular formula is C23H22N6O4S. The van der Waals surface area contributed by atoms with Crippen molar-refractivity contribution in [1.29, 1.82) is 5.41 Å². The maximum atomic E-state index is 12.7. The third-order valence-corrected chi connectivity index (χ3v) is 7.08. The number of likely N-dealkylation sites (tertiary alicyclic amines) is 1. The molecular weight excluding hydrogens is 456 g/mol. The molecule has 1 aromatic heterocycles. The number of benzene rings is 1. The Balaban J connectivity index is 1.40. The molecule has 1 aromatic carbocycles. The fourth-order valence-corrected chi connectivity index (χ4v) is 4.96. The van der Waals surface area contributed by atoms with Gasteiger partial charge in [0.15, 0.2) is 11.0 Å². The molecule has 3 aliphatic heterocycles. The van der Waals surface area contributed by atoms with Crippen LogP contribution in [0.15, 0.2) is 50.4 Å². The largest absolute Gasteiger partial charge is 0.457 e. The van der Waals surface area contributed by atoms with E-state index < -0.39 is 10.8 Å². The van der Waals surface area contributed by atoms with Crippen molar-refractivity contribution in [3.63, 3.8) is 0 Å². The van der Waals surface area contributed by atoms with Crippen LogP contribution in [-0.2, 0) is 4.79 Å². The Morgan fingerprint density at radius 1 is 1.24 bits per heavy atom. The Hall–Kier alpha value is -3.73. The summed E-state index contributed by atoms with van der Waals surface area (Å²) in [5, 5.41) is 26.8. The van der Waals surface area contributed by atoms with Gasteiger partial charge in [-0.15, -0.1) is 5.10 Å². The van der Waals surface area contributed by atoms with Crippen molar-refractivity contribution in [3.05, 3.63) is 57.3 Å². The maximum absolute atomic E-state index is 12.7. The number of nitro benzene ring substituents is 1. The lowest BCUT2D eigenvalue weighted by Crippen LogP contribution is -2.36. The second kappa shape index (κ2) is 8.56. The molecule has 1 amide bonds. The number of amidine groups is 3. The molecule has 2 aromatic rings. The quantitative estimate of drug-likeness (QED) is 0.391. The number of nitrogens with zero attached hydrogens (tertiary/aromatic N) is 5. The second-order valence-electron chi connectivity index (χ2n) is 8.53. The van der Waals surface area contributed by atoms with Crippen LogP contribution in [0, 0.1) is 28.4 Å². The fraction of sp³-hybridized carbons (Fsp3) is 0.304. The Labute approximate surface area is 199 Å². The highest BCUT2D eigenvalue weighted by molar-refractivity contribution is 8.26. The molecule has 0 bridgehead atoms. The lowest BCUT2D eigenvalue weighted by Gasteiger charge is -2.30. The zero-order valence-corrected chi connectivity index (χ0v) is 19.5. The number of furan rings is 1. The van der Waals surface area contributed by atoms with E-state index in [1.807, 2.05) is 6.92 Å². The molecule has 1 N–H and O–H groups in total. The highest BCUT2D eigenvalue weighted by Crippen LogP contribution is 2.33. The molecule has 34 heavy (non-hydrogen) atoms. The van der Waals surface area contributed by atoms with E-state index in [-0.39, 0.29) is 17.1 Å². The van der Waals surface area contributed by atoms with Crippen molar-refractivity contribution in [1.82, 2.24) is 9.91 Å². The molecule has 4 heterocycles. The predicted molar refractivity (Wildman–Crippen MR) is 131 cm³/mol. The number of non-ortho nitro benzene ring substituents is 1. The van der Waals surface area contributed by atoms with E-state index in [0.29, 0.717) is 28.2 Å². The van der Waals surface area contributed by atoms with E-state index in [2.05, 4.69) is 21.9 Å². The van der Waals surface area contributed by atoms with Crippen LogP contribution in [0.1, 0.15) is 31.1 Å². The smallest absolute Gasteiger partial charge is 0.283 e. The van der Waals surface area contributed by atoms with Crippen LogP contribution < -0.4 is 0 Å². The number of carbonyl (C=O) groups excluding carboxylic acids is 1. The summed E-state index contributed by atoms with van der Waals surface area (Å²) in [6.45, 7) is 5.86. The summed E-state index contributed by atoms with van der Waals surface area (Å²) in [4.78, 5) is 29.7. The number of aryl methyl sites for hydroxylation is 1. The number of piperidine rings is 1. The fourth-order valence-electron chi connectivity index (χ4n) is 4.02. The van der Waals surface area contributed by atoms with Crippen LogP contribution >= 0.6 is 11.8 Å². The average Bonchev–Trinajstić information content (AvgIpc) is 3.44. The Bertz CT molecular complexity index is 1300. The van der Waals surface area contributed by atoms with Crippen LogP contribution in [0.4, 0.5) is 5.69 Å². The number of aliphatic imine (C=N–C) groups is 1. The second-order valence-corrected chi connectivity index (χ2v) is 9.46. The summed E-state index contributed by atoms with van der Waals surface area (Å²) in [5.41, 5.74) is 1.44. The number of nitro groups is 1. The molecule has 3 aliphatic rings. The van der Waals surface area contributed by atoms with Gasteiger partial charge in [0, 0.05) is 30.8 Å². The average molecular weight is 479 g/mol. The third-order valence-electron chi connectivity index (χ3n) is 6.11. The molecule has 0 radical (unpaired) electrons. The molecule has 1 fully saturated rings. The molecule has 0 unspecified atom stereocenters. The van der Waals surface area contributed by atoms with Gasteiger partial charge in [0.05, 0.1) is 10.5 Å². The molecule has 0 spiro atoms. The van der Waals surface area contributed by atoms with Crippen molar-refractivity contribution in [3.8, 4) is 11.3 Å². The minimum absolute atomic E-state index is 0.0358. The maximum Gasteiger partial charge on any atom is 0.283 e. The standard InChI is InChI=1S/C23H22N6O4S/c1-13-7-9-27(10-8-13)23-26-28-20(24)18(21(30)25-22(28)34-23)12-16-5-6-19(33-16)17-11-15(29(31)32)4-3-14(17)2/h3-6,11-13,24H,7-10H2,1-2H3/b18-12-,24-20?. The minimum Gasteiger partial charge on any atom is -0.457 e. The highest BCUT2D eigenvalue weighted by atomic mass is 32.2. The monoisotopic (exact) mass is 478 g/mol. The first-order valence-electron chi connectivity index (χ1n) is 10.9. The predicted octanol–water partition coefficient (Wildman–Crippen LogP) is 4.47. The normalized spacial score (nSPS) is 20.0. The van der Waals surface area contributed by atoms with Gasteiger partial charge in [-0.1, -0.05) is 13.0 Å². The van der Waals surface area contributed by atoms with Crippen LogP contribution in [-0.4, -0.2) is 50.0 Å². The SMILES string of the molecule is Cc1ccc([N+](=O)[O-])cc1-c1ccc(/C=C2/C(=N)N3N=C(N4CCC(C)CC4)SC3=NC2=O)o1. The van der Waals surface area contributed by atoms with E-state index in [9.17, 15) is 14.9 Å². The molecule has 174 valence electrons. The van der Waals surface area contributed by atoms with E-state index >= 15 is 0 Å². The van der Waals surface area contributed by atoms with Crippen molar-refractivity contribution in [2.45, 2.75) is 26.7 Å². The van der Waals surface area contributed by atoms with Crippen molar-refractivity contribution < 1.29 is 14.1 Å². The first kappa shape index (κ1) is 22.1. The Morgan fingerprint density at radius 2 is 2.00 bits per heavy atom. The van der Waals surface area contributed by atoms with Gasteiger partial charge >= 0.3 is 0 Å². The van der Waals surface area contributed by atoms with Gasteiger partial charge in [-0.05, 0) is 61.2 Å². The lowest BCUT2D eigenvalue weighted by atomic mass is 10.00. The van der Waals surface area contributed by atoms with Gasteiger partial charge in [0.2, 0.25) is 5.17 Å². The summed E-state index contributed by atoms with van der Waals surface area (Å²) in [7, 11) is 0. The van der Waals surface area contributed by atoms with Gasteiger partial charge in [0.25, 0.3) is 11.6 Å². The number of hydrazone groups is 1. The zero-order valence-electron chi connectivity index (χ0n) is 18.6. The van der Waals surface area contributed by atoms with E-state index in [0.717, 1.165) is 36.7 Å². The summed E-state index contributed by atoms with van der Waals surface area (Å²) >= 11 is 1.31. The number of fused-ring (bicyclic) bond motifs is 1. The molecule has 1 saturated heterocycles.